The van der Waals surface area contributed by atoms with Gasteiger partial charge in [-0.2, -0.15) is 5.10 Å². The van der Waals surface area contributed by atoms with Gasteiger partial charge in [-0.05, 0) is 18.9 Å². The van der Waals surface area contributed by atoms with Gasteiger partial charge in [-0.25, -0.2) is 9.97 Å². The lowest BCUT2D eigenvalue weighted by Gasteiger charge is -2.08. The second-order valence-electron chi connectivity index (χ2n) is 4.92. The SMILES string of the molecule is Nc1nc(CCCNC(=O)c2ccccc2-c2ncn[nH]2)cs1. The average molecular weight is 328 g/mol. The van der Waals surface area contributed by atoms with Crippen molar-refractivity contribution >= 4 is 22.4 Å². The molecular formula is C15H16N6OS. The van der Waals surface area contributed by atoms with Gasteiger partial charge in [0.25, 0.3) is 5.91 Å². The number of anilines is 1. The van der Waals surface area contributed by atoms with Gasteiger partial charge < -0.3 is 11.1 Å². The van der Waals surface area contributed by atoms with Crippen LogP contribution >= 0.6 is 11.3 Å². The summed E-state index contributed by atoms with van der Waals surface area (Å²) in [6.45, 7) is 0.570. The van der Waals surface area contributed by atoms with E-state index in [1.54, 1.807) is 6.07 Å². The predicted octanol–water partition coefficient (Wildman–Crippen LogP) is 1.87. The Labute approximate surface area is 137 Å². The molecule has 2 aromatic heterocycles. The lowest BCUT2D eigenvalue weighted by Crippen LogP contribution is -2.25. The number of nitrogens with two attached hydrogens (primary N) is 1. The Morgan fingerprint density at radius 1 is 1.35 bits per heavy atom. The quantitative estimate of drug-likeness (QED) is 0.598. The number of aromatic amines is 1. The molecular weight excluding hydrogens is 312 g/mol. The lowest BCUT2D eigenvalue weighted by atomic mass is 10.1. The molecule has 8 heteroatoms. The summed E-state index contributed by atoms with van der Waals surface area (Å²) in [6.07, 6.45) is 3.01. The van der Waals surface area contributed by atoms with Gasteiger partial charge in [0.15, 0.2) is 11.0 Å². The molecule has 0 aliphatic rings. The Hall–Kier alpha value is -2.74. The summed E-state index contributed by atoms with van der Waals surface area (Å²) in [6, 6.07) is 7.30. The number of thiazole rings is 1. The Balaban J connectivity index is 1.58. The number of nitrogens with zero attached hydrogens (tertiary/aromatic N) is 3. The molecule has 1 aromatic carbocycles. The van der Waals surface area contributed by atoms with Crippen LogP contribution in [0.25, 0.3) is 11.4 Å². The summed E-state index contributed by atoms with van der Waals surface area (Å²) in [5.41, 5.74) is 7.86. The molecule has 0 unspecified atom stereocenters. The molecule has 0 atom stereocenters. The zero-order chi connectivity index (χ0) is 16.1. The summed E-state index contributed by atoms with van der Waals surface area (Å²) in [7, 11) is 0. The number of hydrogen-bond donors (Lipinski definition) is 3. The number of amides is 1. The van der Waals surface area contributed by atoms with Gasteiger partial charge in [-0.1, -0.05) is 18.2 Å². The third kappa shape index (κ3) is 3.72. The number of rotatable bonds is 6. The topological polar surface area (TPSA) is 110 Å². The van der Waals surface area contributed by atoms with Crippen LogP contribution in [0.15, 0.2) is 36.0 Å². The van der Waals surface area contributed by atoms with E-state index in [0.717, 1.165) is 24.1 Å². The standard InChI is InChI=1S/C15H16N6OS/c16-15-20-10(8-23-15)4-3-7-17-14(22)12-6-2-1-5-11(12)13-18-9-19-21-13/h1-2,5-6,8-9H,3-4,7H2,(H2,16,20)(H,17,22)(H,18,19,21). The van der Waals surface area contributed by atoms with E-state index in [9.17, 15) is 4.79 Å². The second kappa shape index (κ2) is 7.01. The van der Waals surface area contributed by atoms with Crippen molar-refractivity contribution in [2.45, 2.75) is 12.8 Å². The maximum absolute atomic E-state index is 12.4. The summed E-state index contributed by atoms with van der Waals surface area (Å²) >= 11 is 1.43. The summed E-state index contributed by atoms with van der Waals surface area (Å²) in [5.74, 6) is 0.448. The van der Waals surface area contributed by atoms with E-state index in [0.29, 0.717) is 23.1 Å². The first-order valence-electron chi connectivity index (χ1n) is 7.17. The smallest absolute Gasteiger partial charge is 0.252 e. The molecule has 0 fully saturated rings. The number of H-pyrrole nitrogens is 1. The van der Waals surface area contributed by atoms with Crippen LogP contribution in [0.2, 0.25) is 0 Å². The number of carbonyl (C=O) groups is 1. The minimum Gasteiger partial charge on any atom is -0.375 e. The zero-order valence-corrected chi connectivity index (χ0v) is 13.1. The minimum absolute atomic E-state index is 0.130. The van der Waals surface area contributed by atoms with Crippen LogP contribution in [0.1, 0.15) is 22.5 Å². The first kappa shape index (κ1) is 15.2. The van der Waals surface area contributed by atoms with Crippen LogP contribution in [0.5, 0.6) is 0 Å². The largest absolute Gasteiger partial charge is 0.375 e. The fraction of sp³-hybridized carbons (Fsp3) is 0.200. The highest BCUT2D eigenvalue weighted by Gasteiger charge is 2.13. The maximum Gasteiger partial charge on any atom is 0.252 e. The molecule has 0 saturated carbocycles. The van der Waals surface area contributed by atoms with Gasteiger partial charge in [0.1, 0.15) is 6.33 Å². The first-order valence-corrected chi connectivity index (χ1v) is 8.05. The second-order valence-corrected chi connectivity index (χ2v) is 5.81. The third-order valence-electron chi connectivity index (χ3n) is 3.31. The van der Waals surface area contributed by atoms with Crippen molar-refractivity contribution < 1.29 is 4.79 Å². The number of benzene rings is 1. The summed E-state index contributed by atoms with van der Waals surface area (Å²) < 4.78 is 0. The van der Waals surface area contributed by atoms with Crippen LogP contribution in [0, 0.1) is 0 Å². The Kier molecular flexibility index (Phi) is 4.62. The van der Waals surface area contributed by atoms with Crippen molar-refractivity contribution in [3.8, 4) is 11.4 Å². The molecule has 0 aliphatic heterocycles. The average Bonchev–Trinajstić information content (AvgIpc) is 3.23. The normalized spacial score (nSPS) is 10.6. The van der Waals surface area contributed by atoms with Crippen molar-refractivity contribution in [2.24, 2.45) is 0 Å². The number of hydrogen-bond acceptors (Lipinski definition) is 6. The highest BCUT2D eigenvalue weighted by Crippen LogP contribution is 2.19. The van der Waals surface area contributed by atoms with E-state index in [-0.39, 0.29) is 5.91 Å². The Morgan fingerprint density at radius 2 is 2.22 bits per heavy atom. The maximum atomic E-state index is 12.4. The van der Waals surface area contributed by atoms with Gasteiger partial charge in [0.2, 0.25) is 0 Å². The molecule has 23 heavy (non-hydrogen) atoms. The third-order valence-corrected chi connectivity index (χ3v) is 4.03. The highest BCUT2D eigenvalue weighted by molar-refractivity contribution is 7.13. The van der Waals surface area contributed by atoms with Gasteiger partial charge >= 0.3 is 0 Å². The molecule has 0 aliphatic carbocycles. The number of nitrogens with one attached hydrogen (secondary N) is 2. The summed E-state index contributed by atoms with van der Waals surface area (Å²) in [5, 5.41) is 12.0. The molecule has 2 heterocycles. The van der Waals surface area contributed by atoms with Gasteiger partial charge in [0, 0.05) is 17.5 Å². The summed E-state index contributed by atoms with van der Waals surface area (Å²) in [4.78, 5) is 20.7. The number of aromatic nitrogens is 4. The van der Waals surface area contributed by atoms with E-state index in [2.05, 4.69) is 25.5 Å². The molecule has 3 aromatic rings. The molecule has 118 valence electrons. The fourth-order valence-electron chi connectivity index (χ4n) is 2.23. The van der Waals surface area contributed by atoms with Crippen molar-refractivity contribution in [1.29, 1.82) is 0 Å². The van der Waals surface area contributed by atoms with Crippen LogP contribution in [-0.2, 0) is 6.42 Å². The van der Waals surface area contributed by atoms with E-state index in [1.165, 1.54) is 17.7 Å². The van der Waals surface area contributed by atoms with E-state index in [4.69, 9.17) is 5.73 Å². The lowest BCUT2D eigenvalue weighted by molar-refractivity contribution is 0.0954. The molecule has 3 rings (SSSR count). The number of aryl methyl sites for hydroxylation is 1. The monoisotopic (exact) mass is 328 g/mol. The number of carbonyl (C=O) groups excluding carboxylic acids is 1. The molecule has 0 spiro atoms. The van der Waals surface area contributed by atoms with Crippen LogP contribution in [0.3, 0.4) is 0 Å². The van der Waals surface area contributed by atoms with Gasteiger partial charge in [-0.15, -0.1) is 11.3 Å². The van der Waals surface area contributed by atoms with Crippen molar-refractivity contribution in [3.05, 3.63) is 47.2 Å². The minimum atomic E-state index is -0.130. The van der Waals surface area contributed by atoms with Crippen LogP contribution in [0.4, 0.5) is 5.13 Å². The Morgan fingerprint density at radius 3 is 2.96 bits per heavy atom. The van der Waals surface area contributed by atoms with Gasteiger partial charge in [0.05, 0.1) is 11.3 Å². The molecule has 0 radical (unpaired) electrons. The molecule has 4 N–H and O–H groups in total. The van der Waals surface area contributed by atoms with Crippen LogP contribution in [-0.4, -0.2) is 32.6 Å². The Bertz CT molecular complexity index is 783. The van der Waals surface area contributed by atoms with E-state index in [1.807, 2.05) is 23.6 Å². The highest BCUT2D eigenvalue weighted by atomic mass is 32.1. The zero-order valence-electron chi connectivity index (χ0n) is 12.3. The predicted molar refractivity (Wildman–Crippen MR) is 89.0 cm³/mol. The number of nitrogen functional groups attached to an aromatic ring is 1. The van der Waals surface area contributed by atoms with Crippen LogP contribution < -0.4 is 11.1 Å². The molecule has 7 nitrogen and oxygen atoms in total. The molecule has 1 amide bonds. The van der Waals surface area contributed by atoms with E-state index < -0.39 is 0 Å². The molecule has 0 bridgehead atoms. The molecule has 0 saturated heterocycles. The van der Waals surface area contributed by atoms with Gasteiger partial charge in [-0.3, -0.25) is 9.89 Å². The van der Waals surface area contributed by atoms with Crippen molar-refractivity contribution in [2.75, 3.05) is 12.3 Å². The fourth-order valence-corrected chi connectivity index (χ4v) is 2.82. The van der Waals surface area contributed by atoms with Crippen molar-refractivity contribution in [3.63, 3.8) is 0 Å². The van der Waals surface area contributed by atoms with E-state index >= 15 is 0 Å². The first-order chi connectivity index (χ1) is 11.2. The van der Waals surface area contributed by atoms with Crippen molar-refractivity contribution in [1.82, 2.24) is 25.5 Å².